The van der Waals surface area contributed by atoms with Crippen LogP contribution in [0.25, 0.3) is 11.3 Å². The molecular formula is C15H17ClN2O3. The molecule has 0 saturated carbocycles. The van der Waals surface area contributed by atoms with Crippen molar-refractivity contribution in [2.75, 3.05) is 7.11 Å². The van der Waals surface area contributed by atoms with Crippen LogP contribution in [0.2, 0.25) is 5.02 Å². The van der Waals surface area contributed by atoms with Gasteiger partial charge in [-0.05, 0) is 43.5 Å². The van der Waals surface area contributed by atoms with Gasteiger partial charge >= 0.3 is 5.97 Å². The van der Waals surface area contributed by atoms with Gasteiger partial charge in [0.05, 0.1) is 12.8 Å². The van der Waals surface area contributed by atoms with E-state index in [-0.39, 0.29) is 5.69 Å². The van der Waals surface area contributed by atoms with Crippen molar-refractivity contribution in [2.45, 2.75) is 20.8 Å². The Labute approximate surface area is 128 Å². The summed E-state index contributed by atoms with van der Waals surface area (Å²) in [7, 11) is 3.29. The molecule has 0 aliphatic rings. The van der Waals surface area contributed by atoms with Crippen molar-refractivity contribution in [1.29, 1.82) is 0 Å². The molecule has 112 valence electrons. The van der Waals surface area contributed by atoms with E-state index in [0.29, 0.717) is 16.5 Å². The summed E-state index contributed by atoms with van der Waals surface area (Å²) in [6, 6.07) is 1.53. The van der Waals surface area contributed by atoms with E-state index in [4.69, 9.17) is 21.4 Å². The predicted molar refractivity (Wildman–Crippen MR) is 81.4 cm³/mol. The van der Waals surface area contributed by atoms with E-state index < -0.39 is 5.97 Å². The summed E-state index contributed by atoms with van der Waals surface area (Å²) >= 11 is 6.39. The second-order valence-corrected chi connectivity index (χ2v) is 5.32. The lowest BCUT2D eigenvalue weighted by Gasteiger charge is -2.18. The molecule has 0 spiro atoms. The largest absolute Gasteiger partial charge is 0.496 e. The second kappa shape index (κ2) is 5.41. The minimum atomic E-state index is -1.07. The van der Waals surface area contributed by atoms with E-state index in [0.717, 1.165) is 22.3 Å². The van der Waals surface area contributed by atoms with Crippen LogP contribution in [0.1, 0.15) is 27.2 Å². The number of nitrogens with zero attached hydrogens (tertiary/aromatic N) is 2. The van der Waals surface area contributed by atoms with Gasteiger partial charge in [0.1, 0.15) is 5.75 Å². The molecule has 2 rings (SSSR count). The first-order valence-corrected chi connectivity index (χ1v) is 6.78. The summed E-state index contributed by atoms with van der Waals surface area (Å²) in [4.78, 5) is 11.1. The normalized spacial score (nSPS) is 10.8. The van der Waals surface area contributed by atoms with Crippen LogP contribution in [0.15, 0.2) is 6.07 Å². The number of aromatic nitrogens is 2. The number of halogens is 1. The van der Waals surface area contributed by atoms with Crippen molar-refractivity contribution in [3.8, 4) is 17.0 Å². The van der Waals surface area contributed by atoms with Gasteiger partial charge in [-0.2, -0.15) is 5.10 Å². The number of aromatic carboxylic acids is 1. The molecule has 0 bridgehead atoms. The monoisotopic (exact) mass is 308 g/mol. The van der Waals surface area contributed by atoms with Gasteiger partial charge in [0.25, 0.3) is 0 Å². The highest BCUT2D eigenvalue weighted by atomic mass is 35.5. The number of hydrogen-bond acceptors (Lipinski definition) is 3. The van der Waals surface area contributed by atoms with Crippen molar-refractivity contribution in [3.63, 3.8) is 0 Å². The number of methoxy groups -OCH3 is 1. The van der Waals surface area contributed by atoms with Gasteiger partial charge in [0.2, 0.25) is 0 Å². The van der Waals surface area contributed by atoms with E-state index in [1.807, 2.05) is 20.8 Å². The SMILES string of the molecule is COc1c(C)c(C)c(Cl)c(C)c1-c1cc(C(=O)O)nn1C. The van der Waals surface area contributed by atoms with Gasteiger partial charge in [-0.25, -0.2) is 4.79 Å². The molecule has 2 aromatic rings. The van der Waals surface area contributed by atoms with Crippen molar-refractivity contribution < 1.29 is 14.6 Å². The van der Waals surface area contributed by atoms with Crippen LogP contribution in [-0.2, 0) is 7.05 Å². The van der Waals surface area contributed by atoms with Crippen LogP contribution in [0, 0.1) is 20.8 Å². The topological polar surface area (TPSA) is 64.3 Å². The number of ether oxygens (including phenoxy) is 1. The molecule has 0 atom stereocenters. The van der Waals surface area contributed by atoms with Gasteiger partial charge in [-0.1, -0.05) is 11.6 Å². The van der Waals surface area contributed by atoms with E-state index in [9.17, 15) is 4.79 Å². The summed E-state index contributed by atoms with van der Waals surface area (Å²) in [5, 5.41) is 13.7. The Hall–Kier alpha value is -2.01. The van der Waals surface area contributed by atoms with Crippen molar-refractivity contribution >= 4 is 17.6 Å². The van der Waals surface area contributed by atoms with Crippen LogP contribution in [0.5, 0.6) is 5.75 Å². The molecule has 0 amide bonds. The Balaban J connectivity index is 2.83. The number of benzene rings is 1. The Morgan fingerprint density at radius 3 is 2.38 bits per heavy atom. The number of aryl methyl sites for hydroxylation is 1. The lowest BCUT2D eigenvalue weighted by Crippen LogP contribution is -2.02. The number of carboxylic acids is 1. The molecule has 0 radical (unpaired) electrons. The maximum Gasteiger partial charge on any atom is 0.356 e. The highest BCUT2D eigenvalue weighted by Crippen LogP contribution is 2.42. The number of carbonyl (C=O) groups is 1. The molecule has 0 aliphatic carbocycles. The average molecular weight is 309 g/mol. The summed E-state index contributed by atoms with van der Waals surface area (Å²) in [6.45, 7) is 5.75. The van der Waals surface area contributed by atoms with E-state index >= 15 is 0 Å². The maximum atomic E-state index is 11.1. The Morgan fingerprint density at radius 1 is 1.29 bits per heavy atom. The molecule has 0 saturated heterocycles. The zero-order valence-corrected chi connectivity index (χ0v) is 13.4. The first-order valence-electron chi connectivity index (χ1n) is 6.40. The Kier molecular flexibility index (Phi) is 3.96. The lowest BCUT2D eigenvalue weighted by molar-refractivity contribution is 0.0689. The number of hydrogen-bond donors (Lipinski definition) is 1. The third-order valence-electron chi connectivity index (χ3n) is 3.72. The van der Waals surface area contributed by atoms with Crippen LogP contribution in [-0.4, -0.2) is 28.0 Å². The smallest absolute Gasteiger partial charge is 0.356 e. The minimum absolute atomic E-state index is 0.0108. The van der Waals surface area contributed by atoms with Crippen LogP contribution in [0.3, 0.4) is 0 Å². The van der Waals surface area contributed by atoms with Crippen molar-refractivity contribution in [2.24, 2.45) is 7.05 Å². The fourth-order valence-corrected chi connectivity index (χ4v) is 2.69. The Morgan fingerprint density at radius 2 is 1.90 bits per heavy atom. The molecule has 0 fully saturated rings. The standard InChI is InChI=1S/C15H17ClN2O3/c1-7-8(2)14(21-5)12(9(3)13(7)16)11-6-10(15(19)20)17-18(11)4/h6H,1-5H3,(H,19,20). The molecule has 1 N–H and O–H groups in total. The average Bonchev–Trinajstić information content (AvgIpc) is 2.82. The van der Waals surface area contributed by atoms with E-state index in [1.165, 1.54) is 10.7 Å². The van der Waals surface area contributed by atoms with Gasteiger partial charge < -0.3 is 9.84 Å². The van der Waals surface area contributed by atoms with Crippen LogP contribution in [0.4, 0.5) is 0 Å². The molecule has 5 nitrogen and oxygen atoms in total. The van der Waals surface area contributed by atoms with Gasteiger partial charge in [-0.15, -0.1) is 0 Å². The summed E-state index contributed by atoms with van der Waals surface area (Å²) in [6.07, 6.45) is 0. The van der Waals surface area contributed by atoms with Gasteiger partial charge in [0.15, 0.2) is 5.69 Å². The second-order valence-electron chi connectivity index (χ2n) is 4.94. The number of carboxylic acid groups (broad SMARTS) is 1. The minimum Gasteiger partial charge on any atom is -0.496 e. The fourth-order valence-electron chi connectivity index (χ4n) is 2.45. The van der Waals surface area contributed by atoms with Gasteiger partial charge in [-0.3, -0.25) is 4.68 Å². The highest BCUT2D eigenvalue weighted by Gasteiger charge is 2.22. The van der Waals surface area contributed by atoms with Crippen molar-refractivity contribution in [3.05, 3.63) is 33.5 Å². The molecule has 1 aromatic carbocycles. The molecule has 21 heavy (non-hydrogen) atoms. The third kappa shape index (κ3) is 2.38. The molecule has 1 aromatic heterocycles. The lowest BCUT2D eigenvalue weighted by atomic mass is 9.96. The summed E-state index contributed by atoms with van der Waals surface area (Å²) < 4.78 is 7.05. The van der Waals surface area contributed by atoms with E-state index in [1.54, 1.807) is 14.2 Å². The molecule has 0 aliphatic heterocycles. The maximum absolute atomic E-state index is 11.1. The van der Waals surface area contributed by atoms with Crippen molar-refractivity contribution in [1.82, 2.24) is 9.78 Å². The fraction of sp³-hybridized carbons (Fsp3) is 0.333. The zero-order valence-electron chi connectivity index (χ0n) is 12.6. The van der Waals surface area contributed by atoms with Crippen LogP contribution < -0.4 is 4.74 Å². The third-order valence-corrected chi connectivity index (χ3v) is 4.29. The van der Waals surface area contributed by atoms with Crippen LogP contribution >= 0.6 is 11.6 Å². The van der Waals surface area contributed by atoms with E-state index in [2.05, 4.69) is 5.10 Å². The number of rotatable bonds is 3. The first kappa shape index (κ1) is 15.4. The molecule has 0 unspecified atom stereocenters. The summed E-state index contributed by atoms with van der Waals surface area (Å²) in [5.41, 5.74) is 4.15. The summed E-state index contributed by atoms with van der Waals surface area (Å²) in [5.74, 6) is -0.377. The first-order chi connectivity index (χ1) is 9.79. The quantitative estimate of drug-likeness (QED) is 0.944. The zero-order chi connectivity index (χ0) is 15.9. The predicted octanol–water partition coefficient (Wildman–Crippen LogP) is 3.37. The highest BCUT2D eigenvalue weighted by molar-refractivity contribution is 6.32. The van der Waals surface area contributed by atoms with Gasteiger partial charge in [0, 0.05) is 17.6 Å². The molecular weight excluding hydrogens is 292 g/mol. The Bertz CT molecular complexity index is 735. The molecule has 1 heterocycles. The molecule has 6 heteroatoms.